The molecular formula is C18H26FNO4. The lowest BCUT2D eigenvalue weighted by Crippen LogP contribution is -2.44. The van der Waals surface area contributed by atoms with Gasteiger partial charge in [-0.2, -0.15) is 0 Å². The van der Waals surface area contributed by atoms with E-state index in [0.29, 0.717) is 12.3 Å². The highest BCUT2D eigenvalue weighted by Crippen LogP contribution is 2.26. The van der Waals surface area contributed by atoms with E-state index >= 15 is 0 Å². The number of ether oxygens (including phenoxy) is 3. The molecule has 0 spiro atoms. The molecule has 5 nitrogen and oxygen atoms in total. The number of methoxy groups -OCH3 is 1. The third-order valence-corrected chi connectivity index (χ3v) is 4.07. The molecule has 0 N–H and O–H groups in total. The van der Waals surface area contributed by atoms with Crippen molar-refractivity contribution in [3.8, 4) is 5.75 Å². The second kappa shape index (κ2) is 8.44. The fourth-order valence-electron chi connectivity index (χ4n) is 2.78. The van der Waals surface area contributed by atoms with E-state index in [2.05, 4.69) is 0 Å². The molecule has 134 valence electrons. The second-order valence-corrected chi connectivity index (χ2v) is 6.23. The van der Waals surface area contributed by atoms with Gasteiger partial charge in [0.15, 0.2) is 11.6 Å². The first kappa shape index (κ1) is 18.7. The van der Waals surface area contributed by atoms with Crippen molar-refractivity contribution in [1.82, 2.24) is 0 Å². The Morgan fingerprint density at radius 2 is 2.17 bits per heavy atom. The Balaban J connectivity index is 2.07. The van der Waals surface area contributed by atoms with Crippen molar-refractivity contribution in [2.24, 2.45) is 0 Å². The molecule has 0 bridgehead atoms. The van der Waals surface area contributed by atoms with Crippen molar-refractivity contribution in [3.63, 3.8) is 0 Å². The fourth-order valence-corrected chi connectivity index (χ4v) is 2.78. The lowest BCUT2D eigenvalue weighted by Gasteiger charge is -2.30. The van der Waals surface area contributed by atoms with E-state index in [-0.39, 0.29) is 23.8 Å². The van der Waals surface area contributed by atoms with Gasteiger partial charge in [-0.15, -0.1) is 0 Å². The highest BCUT2D eigenvalue weighted by Gasteiger charge is 2.27. The average Bonchev–Trinajstić information content (AvgIpc) is 3.06. The molecule has 0 radical (unpaired) electrons. The Morgan fingerprint density at radius 1 is 1.42 bits per heavy atom. The Labute approximate surface area is 142 Å². The van der Waals surface area contributed by atoms with Gasteiger partial charge in [0.05, 0.1) is 19.8 Å². The number of rotatable bonds is 7. The molecule has 1 aromatic rings. The van der Waals surface area contributed by atoms with Crippen molar-refractivity contribution in [2.45, 2.75) is 51.9 Å². The molecule has 1 aliphatic heterocycles. The summed E-state index contributed by atoms with van der Waals surface area (Å²) in [5.74, 6) is -0.550. The van der Waals surface area contributed by atoms with E-state index in [1.54, 1.807) is 17.9 Å². The van der Waals surface area contributed by atoms with Crippen molar-refractivity contribution < 1.29 is 23.4 Å². The van der Waals surface area contributed by atoms with Gasteiger partial charge in [0, 0.05) is 24.4 Å². The third-order valence-electron chi connectivity index (χ3n) is 4.07. The SMILES string of the molecule is COc1ccc(N(C(=O)[C@H](C)OC[C@H]2CCCO2)C(C)C)cc1F. The van der Waals surface area contributed by atoms with Gasteiger partial charge >= 0.3 is 0 Å². The van der Waals surface area contributed by atoms with Crippen LogP contribution in [0.1, 0.15) is 33.6 Å². The van der Waals surface area contributed by atoms with Crippen molar-refractivity contribution in [1.29, 1.82) is 0 Å². The maximum atomic E-state index is 14.0. The molecule has 0 aliphatic carbocycles. The van der Waals surface area contributed by atoms with E-state index < -0.39 is 11.9 Å². The molecule has 1 aliphatic rings. The van der Waals surface area contributed by atoms with Crippen LogP contribution in [0.15, 0.2) is 18.2 Å². The predicted octanol–water partition coefficient (Wildman–Crippen LogP) is 3.16. The molecule has 6 heteroatoms. The first-order chi connectivity index (χ1) is 11.4. The van der Waals surface area contributed by atoms with Gasteiger partial charge in [-0.05, 0) is 45.7 Å². The zero-order chi connectivity index (χ0) is 17.7. The van der Waals surface area contributed by atoms with Gasteiger partial charge in [0.2, 0.25) is 0 Å². The molecule has 1 aromatic carbocycles. The lowest BCUT2D eigenvalue weighted by atomic mass is 10.2. The number of hydrogen-bond donors (Lipinski definition) is 0. The molecule has 1 heterocycles. The highest BCUT2D eigenvalue weighted by atomic mass is 19.1. The summed E-state index contributed by atoms with van der Waals surface area (Å²) < 4.78 is 30.1. The number of nitrogens with zero attached hydrogens (tertiary/aromatic N) is 1. The molecule has 2 rings (SSSR count). The summed E-state index contributed by atoms with van der Waals surface area (Å²) in [5, 5.41) is 0. The molecule has 0 aromatic heterocycles. The van der Waals surface area contributed by atoms with Gasteiger partial charge in [0.1, 0.15) is 6.10 Å². The molecule has 1 saturated heterocycles. The van der Waals surface area contributed by atoms with E-state index in [9.17, 15) is 9.18 Å². The number of amides is 1. The van der Waals surface area contributed by atoms with Crippen LogP contribution < -0.4 is 9.64 Å². The van der Waals surface area contributed by atoms with E-state index in [4.69, 9.17) is 14.2 Å². The van der Waals surface area contributed by atoms with Crippen LogP contribution in [0.4, 0.5) is 10.1 Å². The van der Waals surface area contributed by atoms with Crippen LogP contribution in [0.5, 0.6) is 5.75 Å². The number of carbonyl (C=O) groups excluding carboxylic acids is 1. The number of halogens is 1. The highest BCUT2D eigenvalue weighted by molar-refractivity contribution is 5.96. The summed E-state index contributed by atoms with van der Waals surface area (Å²) in [6.07, 6.45) is 1.42. The monoisotopic (exact) mass is 339 g/mol. The number of anilines is 1. The van der Waals surface area contributed by atoms with E-state index in [1.807, 2.05) is 13.8 Å². The van der Waals surface area contributed by atoms with Gasteiger partial charge in [-0.3, -0.25) is 4.79 Å². The minimum Gasteiger partial charge on any atom is -0.494 e. The van der Waals surface area contributed by atoms with Gasteiger partial charge in [0.25, 0.3) is 5.91 Å². The van der Waals surface area contributed by atoms with Crippen LogP contribution >= 0.6 is 0 Å². The normalized spacial score (nSPS) is 18.7. The first-order valence-corrected chi connectivity index (χ1v) is 8.33. The summed E-state index contributed by atoms with van der Waals surface area (Å²) >= 11 is 0. The quantitative estimate of drug-likeness (QED) is 0.766. The number of carbonyl (C=O) groups is 1. The van der Waals surface area contributed by atoms with Crippen LogP contribution in [0.3, 0.4) is 0 Å². The summed E-state index contributed by atoms with van der Waals surface area (Å²) in [7, 11) is 1.41. The van der Waals surface area contributed by atoms with Crippen molar-refractivity contribution >= 4 is 11.6 Å². The molecule has 0 saturated carbocycles. The maximum absolute atomic E-state index is 14.0. The first-order valence-electron chi connectivity index (χ1n) is 8.33. The predicted molar refractivity (Wildman–Crippen MR) is 90.0 cm³/mol. The van der Waals surface area contributed by atoms with E-state index in [1.165, 1.54) is 19.2 Å². The molecule has 2 atom stereocenters. The van der Waals surface area contributed by atoms with Crippen LogP contribution in [0.2, 0.25) is 0 Å². The number of hydrogen-bond acceptors (Lipinski definition) is 4. The van der Waals surface area contributed by atoms with Crippen molar-refractivity contribution in [2.75, 3.05) is 25.2 Å². The Morgan fingerprint density at radius 3 is 2.71 bits per heavy atom. The van der Waals surface area contributed by atoms with Crippen LogP contribution in [-0.2, 0) is 14.3 Å². The minimum absolute atomic E-state index is 0.0613. The lowest BCUT2D eigenvalue weighted by molar-refractivity contribution is -0.131. The van der Waals surface area contributed by atoms with Crippen LogP contribution in [0.25, 0.3) is 0 Å². The summed E-state index contributed by atoms with van der Waals surface area (Å²) in [5.41, 5.74) is 0.487. The zero-order valence-electron chi connectivity index (χ0n) is 14.8. The largest absolute Gasteiger partial charge is 0.494 e. The number of benzene rings is 1. The van der Waals surface area contributed by atoms with E-state index in [0.717, 1.165) is 19.4 Å². The van der Waals surface area contributed by atoms with Crippen LogP contribution in [0, 0.1) is 5.82 Å². The summed E-state index contributed by atoms with van der Waals surface area (Å²) in [6.45, 7) is 6.63. The van der Waals surface area contributed by atoms with Gasteiger partial charge < -0.3 is 19.1 Å². The molecule has 1 fully saturated rings. The smallest absolute Gasteiger partial charge is 0.256 e. The molecule has 1 amide bonds. The Bertz CT molecular complexity index is 558. The van der Waals surface area contributed by atoms with Gasteiger partial charge in [-0.1, -0.05) is 0 Å². The maximum Gasteiger partial charge on any atom is 0.256 e. The summed E-state index contributed by atoms with van der Waals surface area (Å²) in [4.78, 5) is 14.3. The second-order valence-electron chi connectivity index (χ2n) is 6.23. The topological polar surface area (TPSA) is 48.0 Å². The standard InChI is InChI=1S/C18H26FNO4/c1-12(2)20(14-7-8-17(22-4)16(19)10-14)18(21)13(3)24-11-15-6-5-9-23-15/h7-8,10,12-13,15H,5-6,9,11H2,1-4H3/t13-,15+/m0/s1. The Kier molecular flexibility index (Phi) is 6.57. The minimum atomic E-state index is -0.623. The average molecular weight is 339 g/mol. The van der Waals surface area contributed by atoms with Gasteiger partial charge in [-0.25, -0.2) is 4.39 Å². The van der Waals surface area contributed by atoms with Crippen LogP contribution in [-0.4, -0.2) is 44.5 Å². The Hall–Kier alpha value is -1.66. The molecule has 0 unspecified atom stereocenters. The summed E-state index contributed by atoms with van der Waals surface area (Å²) in [6, 6.07) is 4.38. The van der Waals surface area contributed by atoms with Crippen molar-refractivity contribution in [3.05, 3.63) is 24.0 Å². The third kappa shape index (κ3) is 4.45. The molecule has 24 heavy (non-hydrogen) atoms. The fraction of sp³-hybridized carbons (Fsp3) is 0.611. The molecular weight excluding hydrogens is 313 g/mol. The zero-order valence-corrected chi connectivity index (χ0v) is 14.8.